The Labute approximate surface area is 106 Å². The fourth-order valence-corrected chi connectivity index (χ4v) is 1.83. The number of hydrogen-bond acceptors (Lipinski definition) is 2. The maximum atomic E-state index is 13.1. The lowest BCUT2D eigenvalue weighted by Crippen LogP contribution is -2.01. The van der Waals surface area contributed by atoms with Crippen molar-refractivity contribution in [2.24, 2.45) is 0 Å². The van der Waals surface area contributed by atoms with Crippen LogP contribution in [0.5, 0.6) is 0 Å². The van der Waals surface area contributed by atoms with Crippen molar-refractivity contribution in [3.8, 4) is 5.69 Å². The minimum atomic E-state index is -1.51. The molecule has 0 saturated carbocycles. The van der Waals surface area contributed by atoms with E-state index in [4.69, 9.17) is 17.0 Å². The van der Waals surface area contributed by atoms with Crippen LogP contribution in [0.3, 0.4) is 0 Å². The van der Waals surface area contributed by atoms with Crippen LogP contribution in [0.1, 0.15) is 5.69 Å². The van der Waals surface area contributed by atoms with E-state index in [0.717, 1.165) is 12.1 Å². The van der Waals surface area contributed by atoms with Crippen LogP contribution in [-0.4, -0.2) is 16.9 Å². The SMILES string of the molecule is COCc1cc(=S)n(-c2cc(F)c(F)c(F)c2)[nH]1. The predicted octanol–water partition coefficient (Wildman–Crippen LogP) is 3.10. The minimum Gasteiger partial charge on any atom is -0.378 e. The van der Waals surface area contributed by atoms with Crippen molar-refractivity contribution in [2.45, 2.75) is 6.61 Å². The van der Waals surface area contributed by atoms with E-state index >= 15 is 0 Å². The molecular formula is C11H9F3N2OS. The van der Waals surface area contributed by atoms with Crippen LogP contribution in [0.25, 0.3) is 5.69 Å². The highest BCUT2D eigenvalue weighted by atomic mass is 32.1. The molecule has 0 fully saturated rings. The molecule has 0 aliphatic carbocycles. The molecule has 0 bridgehead atoms. The van der Waals surface area contributed by atoms with Gasteiger partial charge in [0.25, 0.3) is 0 Å². The molecule has 0 atom stereocenters. The van der Waals surface area contributed by atoms with Crippen molar-refractivity contribution in [1.29, 1.82) is 0 Å². The molecule has 0 saturated heterocycles. The Morgan fingerprint density at radius 2 is 1.83 bits per heavy atom. The lowest BCUT2D eigenvalue weighted by molar-refractivity contribution is 0.181. The van der Waals surface area contributed by atoms with Crippen LogP contribution in [0.15, 0.2) is 18.2 Å². The van der Waals surface area contributed by atoms with E-state index in [1.165, 1.54) is 11.8 Å². The first-order valence-electron chi connectivity index (χ1n) is 4.97. The number of halogens is 3. The van der Waals surface area contributed by atoms with Gasteiger partial charge in [0.05, 0.1) is 18.0 Å². The monoisotopic (exact) mass is 274 g/mol. The molecule has 96 valence electrons. The third-order valence-corrected chi connectivity index (χ3v) is 2.60. The maximum Gasteiger partial charge on any atom is 0.194 e. The molecule has 1 heterocycles. The highest BCUT2D eigenvalue weighted by Gasteiger charge is 2.12. The molecule has 1 aromatic heterocycles. The molecule has 1 aromatic carbocycles. The Balaban J connectivity index is 2.52. The average molecular weight is 274 g/mol. The van der Waals surface area contributed by atoms with Gasteiger partial charge >= 0.3 is 0 Å². The average Bonchev–Trinajstić information content (AvgIpc) is 2.67. The maximum absolute atomic E-state index is 13.1. The Bertz CT molecular complexity index is 612. The van der Waals surface area contributed by atoms with Gasteiger partial charge in [-0.25, -0.2) is 17.9 Å². The summed E-state index contributed by atoms with van der Waals surface area (Å²) in [6, 6.07) is 3.32. The highest BCUT2D eigenvalue weighted by molar-refractivity contribution is 7.71. The second-order valence-electron chi connectivity index (χ2n) is 3.61. The molecule has 2 rings (SSSR count). The van der Waals surface area contributed by atoms with Crippen LogP contribution in [0.4, 0.5) is 13.2 Å². The van der Waals surface area contributed by atoms with Gasteiger partial charge in [-0.3, -0.25) is 5.10 Å². The second kappa shape index (κ2) is 4.95. The van der Waals surface area contributed by atoms with E-state index in [-0.39, 0.29) is 12.3 Å². The van der Waals surface area contributed by atoms with Crippen molar-refractivity contribution in [3.05, 3.63) is 46.0 Å². The van der Waals surface area contributed by atoms with Crippen LogP contribution in [0, 0.1) is 22.1 Å². The van der Waals surface area contributed by atoms with Gasteiger partial charge in [-0.1, -0.05) is 12.2 Å². The van der Waals surface area contributed by atoms with Gasteiger partial charge in [0.15, 0.2) is 17.5 Å². The number of H-pyrrole nitrogens is 1. The molecular weight excluding hydrogens is 265 g/mol. The zero-order valence-corrected chi connectivity index (χ0v) is 10.2. The van der Waals surface area contributed by atoms with E-state index in [0.29, 0.717) is 10.3 Å². The molecule has 3 nitrogen and oxygen atoms in total. The smallest absolute Gasteiger partial charge is 0.194 e. The minimum absolute atomic E-state index is 0.0822. The normalized spacial score (nSPS) is 10.9. The topological polar surface area (TPSA) is 29.9 Å². The van der Waals surface area contributed by atoms with Crippen LogP contribution in [0.2, 0.25) is 0 Å². The first-order chi connectivity index (χ1) is 8.52. The number of methoxy groups -OCH3 is 1. The second-order valence-corrected chi connectivity index (χ2v) is 4.03. The first kappa shape index (κ1) is 12.8. The lowest BCUT2D eigenvalue weighted by Gasteiger charge is -2.04. The molecule has 0 aliphatic heterocycles. The van der Waals surface area contributed by atoms with E-state index in [9.17, 15) is 13.2 Å². The third kappa shape index (κ3) is 2.32. The summed E-state index contributed by atoms with van der Waals surface area (Å²) in [7, 11) is 1.51. The number of nitrogens with zero attached hydrogens (tertiary/aromatic N) is 1. The van der Waals surface area contributed by atoms with Crippen molar-refractivity contribution >= 4 is 12.2 Å². The molecule has 2 aromatic rings. The fraction of sp³-hybridized carbons (Fsp3) is 0.182. The molecule has 1 N–H and O–H groups in total. The Morgan fingerprint density at radius 1 is 1.22 bits per heavy atom. The third-order valence-electron chi connectivity index (χ3n) is 2.30. The number of benzene rings is 1. The molecule has 7 heteroatoms. The Morgan fingerprint density at radius 3 is 2.39 bits per heavy atom. The molecule has 18 heavy (non-hydrogen) atoms. The largest absolute Gasteiger partial charge is 0.378 e. The number of ether oxygens (including phenoxy) is 1. The molecule has 0 spiro atoms. The summed E-state index contributed by atoms with van der Waals surface area (Å²) in [5, 5.41) is 2.80. The number of aromatic nitrogens is 2. The van der Waals surface area contributed by atoms with E-state index in [2.05, 4.69) is 5.10 Å². The van der Waals surface area contributed by atoms with Gasteiger partial charge < -0.3 is 4.74 Å². The summed E-state index contributed by atoms with van der Waals surface area (Å²) in [6.45, 7) is 0.281. The summed E-state index contributed by atoms with van der Waals surface area (Å²) < 4.78 is 45.5. The highest BCUT2D eigenvalue weighted by Crippen LogP contribution is 2.17. The zero-order valence-electron chi connectivity index (χ0n) is 9.34. The number of aromatic amines is 1. The van der Waals surface area contributed by atoms with Gasteiger partial charge in [0.1, 0.15) is 4.64 Å². The number of hydrogen-bond donors (Lipinski definition) is 1. The summed E-state index contributed by atoms with van der Waals surface area (Å²) in [5.41, 5.74) is 0.728. The molecule has 0 radical (unpaired) electrons. The van der Waals surface area contributed by atoms with Crippen molar-refractivity contribution in [3.63, 3.8) is 0 Å². The Kier molecular flexibility index (Phi) is 3.53. The summed E-state index contributed by atoms with van der Waals surface area (Å²) >= 11 is 5.03. The van der Waals surface area contributed by atoms with E-state index in [1.807, 2.05) is 0 Å². The van der Waals surface area contributed by atoms with Crippen molar-refractivity contribution < 1.29 is 17.9 Å². The molecule has 0 unspecified atom stereocenters. The van der Waals surface area contributed by atoms with Crippen molar-refractivity contribution in [2.75, 3.05) is 7.11 Å². The summed E-state index contributed by atoms with van der Waals surface area (Å²) in [6.07, 6.45) is 0. The van der Waals surface area contributed by atoms with Gasteiger partial charge in [0, 0.05) is 19.2 Å². The van der Waals surface area contributed by atoms with E-state index in [1.54, 1.807) is 6.07 Å². The summed E-state index contributed by atoms with van der Waals surface area (Å²) in [5.74, 6) is -4.04. The van der Waals surface area contributed by atoms with Gasteiger partial charge in [-0.15, -0.1) is 0 Å². The molecule has 0 aliphatic rings. The lowest BCUT2D eigenvalue weighted by atomic mass is 10.3. The number of rotatable bonds is 3. The van der Waals surface area contributed by atoms with Crippen LogP contribution in [-0.2, 0) is 11.3 Å². The fourth-order valence-electron chi connectivity index (χ4n) is 1.54. The quantitative estimate of drug-likeness (QED) is 0.688. The van der Waals surface area contributed by atoms with Gasteiger partial charge in [-0.2, -0.15) is 0 Å². The number of nitrogens with one attached hydrogen (secondary N) is 1. The van der Waals surface area contributed by atoms with Gasteiger partial charge in [-0.05, 0) is 6.07 Å². The van der Waals surface area contributed by atoms with Crippen molar-refractivity contribution in [1.82, 2.24) is 9.78 Å². The molecule has 0 amide bonds. The summed E-state index contributed by atoms with van der Waals surface area (Å²) in [4.78, 5) is 0. The first-order valence-corrected chi connectivity index (χ1v) is 5.38. The zero-order chi connectivity index (χ0) is 13.3. The van der Waals surface area contributed by atoms with Crippen LogP contribution >= 0.6 is 12.2 Å². The standard InChI is InChI=1S/C11H9F3N2OS/c1-17-5-6-2-10(18)16(15-6)7-3-8(12)11(14)9(13)4-7/h2-4,15H,5H2,1H3. The Hall–Kier alpha value is -1.60. The van der Waals surface area contributed by atoms with Crippen LogP contribution < -0.4 is 0 Å². The van der Waals surface area contributed by atoms with E-state index < -0.39 is 17.5 Å². The van der Waals surface area contributed by atoms with Gasteiger partial charge in [0.2, 0.25) is 0 Å². The predicted molar refractivity (Wildman–Crippen MR) is 61.5 cm³/mol.